The van der Waals surface area contributed by atoms with Gasteiger partial charge < -0.3 is 4.74 Å². The highest BCUT2D eigenvalue weighted by Gasteiger charge is 2.24. The van der Waals surface area contributed by atoms with Crippen LogP contribution in [0, 0.1) is 5.92 Å². The molecule has 0 aliphatic carbocycles. The van der Waals surface area contributed by atoms with Gasteiger partial charge in [0.1, 0.15) is 0 Å². The summed E-state index contributed by atoms with van der Waals surface area (Å²) in [5.74, 6) is 0.00758. The van der Waals surface area contributed by atoms with Crippen LogP contribution >= 0.6 is 0 Å². The van der Waals surface area contributed by atoms with Gasteiger partial charge in [0.05, 0.1) is 12.4 Å². The number of anilines is 1. The Bertz CT molecular complexity index is 545. The monoisotopic (exact) mass is 283 g/mol. The Balaban J connectivity index is 2.08. The summed E-state index contributed by atoms with van der Waals surface area (Å²) in [4.78, 5) is 12.1. The molecule has 1 aliphatic rings. The van der Waals surface area contributed by atoms with Crippen molar-refractivity contribution in [2.75, 3.05) is 23.7 Å². The first-order valence-corrected chi connectivity index (χ1v) is 7.89. The van der Waals surface area contributed by atoms with Crippen LogP contribution in [0.3, 0.4) is 0 Å². The Morgan fingerprint density at radius 1 is 1.37 bits per heavy atom. The van der Waals surface area contributed by atoms with Crippen LogP contribution in [0.25, 0.3) is 0 Å². The van der Waals surface area contributed by atoms with Gasteiger partial charge in [-0.2, -0.15) is 0 Å². The molecular formula is C13H17NO4S. The van der Waals surface area contributed by atoms with Gasteiger partial charge in [-0.15, -0.1) is 0 Å². The molecule has 6 heteroatoms. The van der Waals surface area contributed by atoms with Crippen molar-refractivity contribution in [2.45, 2.75) is 13.3 Å². The highest BCUT2D eigenvalue weighted by atomic mass is 32.2. The number of hydrogen-bond donors (Lipinski definition) is 1. The first-order valence-electron chi connectivity index (χ1n) is 6.24. The fourth-order valence-electron chi connectivity index (χ4n) is 1.93. The number of carbonyl (C=O) groups excluding carboxylic acids is 1. The van der Waals surface area contributed by atoms with Gasteiger partial charge in [0, 0.05) is 23.8 Å². The maximum absolute atomic E-state index is 12.1. The molecule has 0 bridgehead atoms. The summed E-state index contributed by atoms with van der Waals surface area (Å²) in [5, 5.41) is 0. The summed E-state index contributed by atoms with van der Waals surface area (Å²) in [6.07, 6.45) is 0.753. The molecule has 1 N–H and O–H groups in total. The minimum atomic E-state index is -3.28. The molecule has 19 heavy (non-hydrogen) atoms. The van der Waals surface area contributed by atoms with Crippen molar-refractivity contribution in [1.82, 2.24) is 0 Å². The number of nitrogens with one attached hydrogen (secondary N) is 1. The molecular weight excluding hydrogens is 266 g/mol. The van der Waals surface area contributed by atoms with Crippen LogP contribution in [-0.4, -0.2) is 33.2 Å². The van der Waals surface area contributed by atoms with Crippen molar-refractivity contribution in [3.05, 3.63) is 29.8 Å². The van der Waals surface area contributed by atoms with E-state index in [4.69, 9.17) is 4.74 Å². The largest absolute Gasteiger partial charge is 0.381 e. The average Bonchev–Trinajstić information content (AvgIpc) is 2.92. The van der Waals surface area contributed by atoms with Gasteiger partial charge in [-0.1, -0.05) is 0 Å². The summed E-state index contributed by atoms with van der Waals surface area (Å²) in [5.41, 5.74) is 1.07. The van der Waals surface area contributed by atoms with Gasteiger partial charge in [0.2, 0.25) is 10.0 Å². The van der Waals surface area contributed by atoms with Gasteiger partial charge in [0.15, 0.2) is 5.78 Å². The van der Waals surface area contributed by atoms with Crippen molar-refractivity contribution in [2.24, 2.45) is 5.92 Å². The third-order valence-corrected chi connectivity index (χ3v) is 4.43. The van der Waals surface area contributed by atoms with Crippen molar-refractivity contribution in [1.29, 1.82) is 0 Å². The molecule has 0 amide bonds. The van der Waals surface area contributed by atoms with E-state index < -0.39 is 10.0 Å². The molecule has 1 saturated heterocycles. The number of sulfonamides is 1. The molecule has 0 aromatic heterocycles. The third-order valence-electron chi connectivity index (χ3n) is 3.12. The number of benzene rings is 1. The Kier molecular flexibility index (Phi) is 4.21. The number of hydrogen-bond acceptors (Lipinski definition) is 4. The number of carbonyl (C=O) groups is 1. The van der Waals surface area contributed by atoms with Crippen LogP contribution in [0.15, 0.2) is 24.3 Å². The van der Waals surface area contributed by atoms with E-state index in [2.05, 4.69) is 4.72 Å². The fraction of sp³-hybridized carbons (Fsp3) is 0.462. The zero-order valence-electron chi connectivity index (χ0n) is 10.8. The summed E-state index contributed by atoms with van der Waals surface area (Å²) in [7, 11) is -3.28. The SMILES string of the molecule is CCS(=O)(=O)Nc1ccc(C(=O)C2CCOC2)cc1. The summed E-state index contributed by atoms with van der Waals surface area (Å²) >= 11 is 0. The average molecular weight is 283 g/mol. The summed E-state index contributed by atoms with van der Waals surface area (Å²) < 4.78 is 30.4. The minimum Gasteiger partial charge on any atom is -0.381 e. The maximum atomic E-state index is 12.1. The molecule has 104 valence electrons. The molecule has 1 unspecified atom stereocenters. The van der Waals surface area contributed by atoms with E-state index >= 15 is 0 Å². The number of rotatable bonds is 5. The zero-order chi connectivity index (χ0) is 13.9. The van der Waals surface area contributed by atoms with Crippen molar-refractivity contribution in [3.63, 3.8) is 0 Å². The predicted octanol–water partition coefficient (Wildman–Crippen LogP) is 1.67. The van der Waals surface area contributed by atoms with E-state index in [1.165, 1.54) is 0 Å². The lowest BCUT2D eigenvalue weighted by Crippen LogP contribution is -2.16. The van der Waals surface area contributed by atoms with Crippen molar-refractivity contribution < 1.29 is 17.9 Å². The lowest BCUT2D eigenvalue weighted by molar-refractivity contribution is 0.0900. The van der Waals surface area contributed by atoms with Crippen LogP contribution in [-0.2, 0) is 14.8 Å². The van der Waals surface area contributed by atoms with Crippen LogP contribution in [0.1, 0.15) is 23.7 Å². The molecule has 2 rings (SSSR count). The normalized spacial score (nSPS) is 19.3. The van der Waals surface area contributed by atoms with E-state index in [-0.39, 0.29) is 17.5 Å². The molecule has 1 heterocycles. The van der Waals surface area contributed by atoms with Gasteiger partial charge in [0.25, 0.3) is 0 Å². The third kappa shape index (κ3) is 3.54. The Morgan fingerprint density at radius 3 is 2.58 bits per heavy atom. The van der Waals surface area contributed by atoms with Gasteiger partial charge >= 0.3 is 0 Å². The zero-order valence-corrected chi connectivity index (χ0v) is 11.6. The van der Waals surface area contributed by atoms with Gasteiger partial charge in [-0.05, 0) is 37.6 Å². The number of ketones is 1. The molecule has 1 fully saturated rings. The smallest absolute Gasteiger partial charge is 0.232 e. The van der Waals surface area contributed by atoms with Crippen LogP contribution in [0.4, 0.5) is 5.69 Å². The first-order chi connectivity index (χ1) is 9.02. The lowest BCUT2D eigenvalue weighted by atomic mass is 9.97. The molecule has 5 nitrogen and oxygen atoms in total. The maximum Gasteiger partial charge on any atom is 0.232 e. The van der Waals surface area contributed by atoms with E-state index in [1.807, 2.05) is 0 Å². The molecule has 1 aromatic rings. The molecule has 0 radical (unpaired) electrons. The molecule has 1 atom stereocenters. The standard InChI is InChI=1S/C13H17NO4S/c1-2-19(16,17)14-12-5-3-10(4-6-12)13(15)11-7-8-18-9-11/h3-6,11,14H,2,7-9H2,1H3. The first kappa shape index (κ1) is 14.0. The fourth-order valence-corrected chi connectivity index (χ4v) is 2.57. The van der Waals surface area contributed by atoms with Gasteiger partial charge in [-0.25, -0.2) is 8.42 Å². The molecule has 1 aromatic carbocycles. The second-order valence-electron chi connectivity index (χ2n) is 4.51. The van der Waals surface area contributed by atoms with Crippen LogP contribution in [0.5, 0.6) is 0 Å². The van der Waals surface area contributed by atoms with Crippen LogP contribution in [0.2, 0.25) is 0 Å². The summed E-state index contributed by atoms with van der Waals surface area (Å²) in [6.45, 7) is 2.67. The second kappa shape index (κ2) is 5.71. The molecule has 0 saturated carbocycles. The highest BCUT2D eigenvalue weighted by Crippen LogP contribution is 2.20. The van der Waals surface area contributed by atoms with Crippen molar-refractivity contribution >= 4 is 21.5 Å². The van der Waals surface area contributed by atoms with E-state index in [0.29, 0.717) is 24.5 Å². The minimum absolute atomic E-state index is 0.0209. The number of Topliss-reactive ketones (excluding diaryl/α,β-unsaturated/α-hetero) is 1. The van der Waals surface area contributed by atoms with E-state index in [9.17, 15) is 13.2 Å². The predicted molar refractivity (Wildman–Crippen MR) is 72.8 cm³/mol. The Labute approximate surface area is 113 Å². The molecule has 1 aliphatic heterocycles. The van der Waals surface area contributed by atoms with Crippen LogP contribution < -0.4 is 4.72 Å². The second-order valence-corrected chi connectivity index (χ2v) is 6.52. The molecule has 0 spiro atoms. The van der Waals surface area contributed by atoms with Crippen molar-refractivity contribution in [3.8, 4) is 0 Å². The highest BCUT2D eigenvalue weighted by molar-refractivity contribution is 7.92. The Hall–Kier alpha value is -1.40. The Morgan fingerprint density at radius 2 is 2.05 bits per heavy atom. The topological polar surface area (TPSA) is 72.5 Å². The van der Waals surface area contributed by atoms with E-state index in [0.717, 1.165) is 6.42 Å². The lowest BCUT2D eigenvalue weighted by Gasteiger charge is -2.09. The van der Waals surface area contributed by atoms with Gasteiger partial charge in [-0.3, -0.25) is 9.52 Å². The number of ether oxygens (including phenoxy) is 1. The summed E-state index contributed by atoms with van der Waals surface area (Å²) in [6, 6.07) is 6.51. The van der Waals surface area contributed by atoms with E-state index in [1.54, 1.807) is 31.2 Å². The quantitative estimate of drug-likeness (QED) is 0.834.